The van der Waals surface area contributed by atoms with Crippen molar-refractivity contribution in [2.45, 2.75) is 0 Å². The molecule has 0 spiro atoms. The highest BCUT2D eigenvalue weighted by atomic mass is 35.5. The van der Waals surface area contributed by atoms with Crippen LogP contribution in [0.2, 0.25) is 5.02 Å². The monoisotopic (exact) mass is 405 g/mol. The number of benzene rings is 3. The first-order valence-electron chi connectivity index (χ1n) is 8.63. The maximum Gasteiger partial charge on any atom is 0.323 e. The summed E-state index contributed by atoms with van der Waals surface area (Å²) >= 11 is 7.62. The predicted octanol–water partition coefficient (Wildman–Crippen LogP) is 6.76. The van der Waals surface area contributed by atoms with Gasteiger partial charge in [0.15, 0.2) is 0 Å². The molecule has 28 heavy (non-hydrogen) atoms. The average molecular weight is 406 g/mol. The van der Waals surface area contributed by atoms with E-state index in [1.807, 2.05) is 84.9 Å². The van der Waals surface area contributed by atoms with Crippen LogP contribution >= 0.6 is 22.9 Å². The number of fused-ring (bicyclic) bond motifs is 1. The van der Waals surface area contributed by atoms with Crippen LogP contribution in [0.15, 0.2) is 72.8 Å². The van der Waals surface area contributed by atoms with Crippen LogP contribution in [0.4, 0.5) is 16.2 Å². The minimum absolute atomic E-state index is 0.275. The van der Waals surface area contributed by atoms with Gasteiger partial charge in [-0.3, -0.25) is 0 Å². The summed E-state index contributed by atoms with van der Waals surface area (Å²) in [5.41, 5.74) is 3.43. The fraction of sp³-hybridized carbons (Fsp3) is 0. The predicted molar refractivity (Wildman–Crippen MR) is 119 cm³/mol. The van der Waals surface area contributed by atoms with Gasteiger partial charge in [0.1, 0.15) is 5.01 Å². The summed E-state index contributed by atoms with van der Waals surface area (Å²) < 4.78 is 1.07. The molecule has 3 aromatic carbocycles. The number of amides is 2. The van der Waals surface area contributed by atoms with Gasteiger partial charge in [-0.15, -0.1) is 11.3 Å². The number of thiazole rings is 1. The molecule has 4 aromatic rings. The highest BCUT2D eigenvalue weighted by molar-refractivity contribution is 7.19. The molecule has 0 aliphatic heterocycles. The molecule has 4 nitrogen and oxygen atoms in total. The molecule has 1 heterocycles. The van der Waals surface area contributed by atoms with E-state index in [2.05, 4.69) is 15.6 Å². The second-order valence-corrected chi connectivity index (χ2v) is 7.56. The van der Waals surface area contributed by atoms with Crippen LogP contribution in [-0.4, -0.2) is 11.0 Å². The fourth-order valence-corrected chi connectivity index (χ4v) is 3.79. The first-order valence-corrected chi connectivity index (χ1v) is 9.82. The largest absolute Gasteiger partial charge is 0.323 e. The molecule has 2 N–H and O–H groups in total. The number of carbonyl (C=O) groups excluding carboxylic acids is 1. The molecule has 138 valence electrons. The van der Waals surface area contributed by atoms with E-state index in [1.54, 1.807) is 11.3 Å². The van der Waals surface area contributed by atoms with Gasteiger partial charge in [-0.1, -0.05) is 48.0 Å². The molecule has 6 heteroatoms. The Labute approximate surface area is 171 Å². The van der Waals surface area contributed by atoms with Gasteiger partial charge in [0.25, 0.3) is 0 Å². The Morgan fingerprint density at radius 3 is 2.36 bits per heavy atom. The molecule has 0 bridgehead atoms. The molecule has 2 amide bonds. The molecule has 0 radical (unpaired) electrons. The van der Waals surface area contributed by atoms with Crippen molar-refractivity contribution in [2.24, 2.45) is 0 Å². The van der Waals surface area contributed by atoms with Crippen molar-refractivity contribution in [2.75, 3.05) is 10.6 Å². The number of urea groups is 1. The number of hydrogen-bond donors (Lipinski definition) is 2. The topological polar surface area (TPSA) is 54.0 Å². The summed E-state index contributed by atoms with van der Waals surface area (Å²) in [5.74, 6) is 0. The van der Waals surface area contributed by atoms with Gasteiger partial charge in [0, 0.05) is 16.4 Å². The van der Waals surface area contributed by atoms with Gasteiger partial charge >= 0.3 is 6.03 Å². The lowest BCUT2D eigenvalue weighted by molar-refractivity contribution is 0.262. The van der Waals surface area contributed by atoms with Crippen LogP contribution in [0.25, 0.3) is 22.4 Å². The number of aromatic nitrogens is 1. The summed E-state index contributed by atoms with van der Waals surface area (Å²) in [6.45, 7) is 0. The summed E-state index contributed by atoms with van der Waals surface area (Å²) in [4.78, 5) is 16.6. The molecule has 0 aliphatic carbocycles. The summed E-state index contributed by atoms with van der Waals surface area (Å²) in [7, 11) is 0. The lowest BCUT2D eigenvalue weighted by Gasteiger charge is -2.07. The maximum atomic E-state index is 12.0. The fourth-order valence-electron chi connectivity index (χ4n) is 2.65. The molecule has 0 saturated carbocycles. The van der Waals surface area contributed by atoms with E-state index < -0.39 is 0 Å². The quantitative estimate of drug-likeness (QED) is 0.394. The Morgan fingerprint density at radius 1 is 0.893 bits per heavy atom. The maximum absolute atomic E-state index is 12.0. The van der Waals surface area contributed by atoms with Gasteiger partial charge in [-0.25, -0.2) is 9.78 Å². The zero-order valence-electron chi connectivity index (χ0n) is 14.7. The zero-order chi connectivity index (χ0) is 19.3. The van der Waals surface area contributed by atoms with Crippen LogP contribution in [0.3, 0.4) is 0 Å². The standard InChI is InChI=1S/C22H16ClN3OS/c23-16-9-12-19-20(14-16)28-21(26-19)13-8-15-6-10-18(11-7-15)25-22(27)24-17-4-2-1-3-5-17/h1-14H,(H2,24,25,27). The van der Waals surface area contributed by atoms with Crippen molar-refractivity contribution in [3.8, 4) is 0 Å². The minimum atomic E-state index is -0.275. The highest BCUT2D eigenvalue weighted by Crippen LogP contribution is 2.26. The molecule has 0 atom stereocenters. The van der Waals surface area contributed by atoms with Crippen molar-refractivity contribution < 1.29 is 4.79 Å². The smallest absolute Gasteiger partial charge is 0.308 e. The summed E-state index contributed by atoms with van der Waals surface area (Å²) in [6, 6.07) is 22.3. The minimum Gasteiger partial charge on any atom is -0.308 e. The van der Waals surface area contributed by atoms with Gasteiger partial charge < -0.3 is 10.6 Å². The van der Waals surface area contributed by atoms with Gasteiger partial charge in [0.2, 0.25) is 0 Å². The van der Waals surface area contributed by atoms with Crippen molar-refractivity contribution in [3.63, 3.8) is 0 Å². The Morgan fingerprint density at radius 2 is 1.61 bits per heavy atom. The lowest BCUT2D eigenvalue weighted by atomic mass is 10.2. The van der Waals surface area contributed by atoms with E-state index in [0.29, 0.717) is 5.02 Å². The van der Waals surface area contributed by atoms with Gasteiger partial charge in [0.05, 0.1) is 10.2 Å². The van der Waals surface area contributed by atoms with E-state index in [4.69, 9.17) is 11.6 Å². The molecule has 0 unspecified atom stereocenters. The lowest BCUT2D eigenvalue weighted by Crippen LogP contribution is -2.19. The third-order valence-electron chi connectivity index (χ3n) is 3.99. The third kappa shape index (κ3) is 4.57. The normalized spacial score (nSPS) is 11.0. The number of nitrogens with one attached hydrogen (secondary N) is 2. The number of rotatable bonds is 4. The van der Waals surface area contributed by atoms with E-state index in [1.165, 1.54) is 0 Å². The van der Waals surface area contributed by atoms with Gasteiger partial charge in [-0.05, 0) is 54.1 Å². The highest BCUT2D eigenvalue weighted by Gasteiger charge is 2.03. The summed E-state index contributed by atoms with van der Waals surface area (Å²) in [5, 5.41) is 7.24. The molecule has 0 fully saturated rings. The average Bonchev–Trinajstić information content (AvgIpc) is 3.10. The Hall–Kier alpha value is -3.15. The molecule has 0 aliphatic rings. The second kappa shape index (κ2) is 8.25. The Balaban J connectivity index is 1.39. The molecular formula is C22H16ClN3OS. The van der Waals surface area contributed by atoms with Crippen molar-refractivity contribution >= 4 is 62.7 Å². The number of para-hydroxylation sites is 1. The van der Waals surface area contributed by atoms with E-state index in [0.717, 1.165) is 32.2 Å². The van der Waals surface area contributed by atoms with Crippen LogP contribution in [0.5, 0.6) is 0 Å². The van der Waals surface area contributed by atoms with Crippen molar-refractivity contribution in [3.05, 3.63) is 88.4 Å². The van der Waals surface area contributed by atoms with Crippen LogP contribution in [-0.2, 0) is 0 Å². The number of anilines is 2. The van der Waals surface area contributed by atoms with E-state index >= 15 is 0 Å². The zero-order valence-corrected chi connectivity index (χ0v) is 16.3. The summed E-state index contributed by atoms with van der Waals surface area (Å²) in [6.07, 6.45) is 3.97. The van der Waals surface area contributed by atoms with Crippen molar-refractivity contribution in [1.29, 1.82) is 0 Å². The number of carbonyl (C=O) groups is 1. The SMILES string of the molecule is O=C(Nc1ccccc1)Nc1ccc(C=Cc2nc3ccc(Cl)cc3s2)cc1. The Bertz CT molecular complexity index is 1140. The Kier molecular flexibility index (Phi) is 5.37. The van der Waals surface area contributed by atoms with Crippen LogP contribution in [0.1, 0.15) is 10.6 Å². The molecule has 1 aromatic heterocycles. The van der Waals surface area contributed by atoms with Crippen LogP contribution < -0.4 is 10.6 Å². The van der Waals surface area contributed by atoms with Gasteiger partial charge in [-0.2, -0.15) is 0 Å². The number of halogens is 1. The first kappa shape index (κ1) is 18.2. The number of nitrogens with zero attached hydrogens (tertiary/aromatic N) is 1. The third-order valence-corrected chi connectivity index (χ3v) is 5.20. The first-order chi connectivity index (χ1) is 13.7. The van der Waals surface area contributed by atoms with Crippen molar-refractivity contribution in [1.82, 2.24) is 4.98 Å². The van der Waals surface area contributed by atoms with E-state index in [9.17, 15) is 4.79 Å². The molecular weight excluding hydrogens is 390 g/mol. The molecule has 4 rings (SSSR count). The molecule has 0 saturated heterocycles. The van der Waals surface area contributed by atoms with Crippen LogP contribution in [0, 0.1) is 0 Å². The van der Waals surface area contributed by atoms with E-state index in [-0.39, 0.29) is 6.03 Å². The second-order valence-electron chi connectivity index (χ2n) is 6.06. The number of hydrogen-bond acceptors (Lipinski definition) is 3.